The third-order valence-electron chi connectivity index (χ3n) is 8.03. The maximum atomic E-state index is 13.6. The molecule has 1 aromatic carbocycles. The van der Waals surface area contributed by atoms with Gasteiger partial charge in [-0.3, -0.25) is 4.79 Å². The molecule has 3 fully saturated rings. The number of hydrogen-bond donors (Lipinski definition) is 1. The summed E-state index contributed by atoms with van der Waals surface area (Å²) in [7, 11) is 1.54. The molecule has 1 saturated carbocycles. The molecular weight excluding hydrogens is 532 g/mol. The number of rotatable bonds is 9. The van der Waals surface area contributed by atoms with Gasteiger partial charge >= 0.3 is 0 Å². The Labute approximate surface area is 237 Å². The Morgan fingerprint density at radius 2 is 2.00 bits per heavy atom. The van der Waals surface area contributed by atoms with E-state index in [0.29, 0.717) is 46.8 Å². The largest absolute Gasteiger partial charge is 0.494 e. The summed E-state index contributed by atoms with van der Waals surface area (Å²) >= 11 is 0. The van der Waals surface area contributed by atoms with Gasteiger partial charge in [-0.05, 0) is 62.6 Å². The van der Waals surface area contributed by atoms with Crippen molar-refractivity contribution < 1.29 is 27.9 Å². The minimum Gasteiger partial charge on any atom is -0.494 e. The lowest BCUT2D eigenvalue weighted by Gasteiger charge is -2.59. The fourth-order valence-electron chi connectivity index (χ4n) is 6.05. The van der Waals surface area contributed by atoms with Gasteiger partial charge in [0.2, 0.25) is 5.88 Å². The van der Waals surface area contributed by atoms with E-state index in [2.05, 4.69) is 20.2 Å². The summed E-state index contributed by atoms with van der Waals surface area (Å²) < 4.78 is 44.6. The smallest absolute Gasteiger partial charge is 0.274 e. The molecule has 9 nitrogen and oxygen atoms in total. The number of halogens is 2. The summed E-state index contributed by atoms with van der Waals surface area (Å²) in [4.78, 5) is 24.6. The fraction of sp³-hybridized carbons (Fsp3) is 0.433. The molecule has 4 heterocycles. The molecule has 1 spiro atoms. The Bertz CT molecular complexity index is 1430. The molecule has 0 radical (unpaired) electrons. The molecule has 1 unspecified atom stereocenters. The first-order chi connectivity index (χ1) is 19.9. The van der Waals surface area contributed by atoms with Crippen LogP contribution in [0.1, 0.15) is 36.7 Å². The average Bonchev–Trinajstić information content (AvgIpc) is 3.34. The lowest BCUT2D eigenvalue weighted by molar-refractivity contribution is -0.0345. The molecule has 0 bridgehead atoms. The highest BCUT2D eigenvalue weighted by Gasteiger charge is 2.54. The molecule has 11 heteroatoms. The Balaban J connectivity index is 1.17. The average molecular weight is 566 g/mol. The number of pyridine rings is 2. The Hall–Kier alpha value is -3.99. The zero-order valence-corrected chi connectivity index (χ0v) is 23.1. The van der Waals surface area contributed by atoms with E-state index in [1.165, 1.54) is 12.1 Å². The van der Waals surface area contributed by atoms with E-state index >= 15 is 0 Å². The number of hydrogen-bond acceptors (Lipinski definition) is 8. The summed E-state index contributed by atoms with van der Waals surface area (Å²) in [5.74, 6) is 0.605. The topological polar surface area (TPSA) is 89.0 Å². The number of ether oxygens (including phenoxy) is 3. The van der Waals surface area contributed by atoms with Gasteiger partial charge in [0.15, 0.2) is 11.4 Å². The molecule has 1 aliphatic carbocycles. The molecule has 1 atom stereocenters. The molecule has 2 aromatic heterocycles. The molecule has 1 N–H and O–H groups in total. The second-order valence-corrected chi connectivity index (χ2v) is 11.0. The Morgan fingerprint density at radius 1 is 1.17 bits per heavy atom. The zero-order chi connectivity index (χ0) is 28.6. The third-order valence-corrected chi connectivity index (χ3v) is 8.03. The highest BCUT2D eigenvalue weighted by molar-refractivity contribution is 5.96. The summed E-state index contributed by atoms with van der Waals surface area (Å²) in [6.45, 7) is 4.37. The van der Waals surface area contributed by atoms with Crippen LogP contribution in [0.4, 0.5) is 14.6 Å². The number of benzene rings is 1. The first-order valence-electron chi connectivity index (χ1n) is 13.9. The quantitative estimate of drug-likeness (QED) is 0.382. The number of nitrogens with one attached hydrogen (secondary N) is 1. The van der Waals surface area contributed by atoms with E-state index in [1.807, 2.05) is 13.0 Å². The van der Waals surface area contributed by atoms with E-state index < -0.39 is 5.91 Å². The van der Waals surface area contributed by atoms with Crippen molar-refractivity contribution in [1.82, 2.24) is 20.4 Å². The van der Waals surface area contributed by atoms with E-state index in [-0.39, 0.29) is 42.2 Å². The van der Waals surface area contributed by atoms with Crippen molar-refractivity contribution in [2.75, 3.05) is 44.8 Å². The van der Waals surface area contributed by atoms with Crippen molar-refractivity contribution in [1.29, 1.82) is 0 Å². The maximum absolute atomic E-state index is 13.6. The van der Waals surface area contributed by atoms with Gasteiger partial charge < -0.3 is 24.4 Å². The Morgan fingerprint density at radius 3 is 2.73 bits per heavy atom. The van der Waals surface area contributed by atoms with Crippen LogP contribution in [-0.4, -0.2) is 73.0 Å². The second kappa shape index (κ2) is 11.1. The number of anilines is 1. The summed E-state index contributed by atoms with van der Waals surface area (Å²) in [6, 6.07) is 11.5. The summed E-state index contributed by atoms with van der Waals surface area (Å²) in [5.41, 5.74) is 2.34. The second-order valence-electron chi connectivity index (χ2n) is 11.0. The van der Waals surface area contributed by atoms with Gasteiger partial charge in [-0.2, -0.15) is 0 Å². The number of nitrogens with zero attached hydrogens (tertiary/aromatic N) is 4. The van der Waals surface area contributed by atoms with Crippen LogP contribution in [0.15, 0.2) is 48.7 Å². The third kappa shape index (κ3) is 5.50. The van der Waals surface area contributed by atoms with Crippen molar-refractivity contribution in [3.05, 3.63) is 60.2 Å². The van der Waals surface area contributed by atoms with E-state index in [9.17, 15) is 13.7 Å². The van der Waals surface area contributed by atoms with Crippen LogP contribution >= 0.6 is 0 Å². The van der Waals surface area contributed by atoms with E-state index in [0.717, 1.165) is 31.6 Å². The number of amides is 1. The summed E-state index contributed by atoms with van der Waals surface area (Å²) in [5, 5.41) is 3.62. The van der Waals surface area contributed by atoms with Crippen LogP contribution in [0.25, 0.3) is 11.3 Å². The normalized spacial score (nSPS) is 19.9. The van der Waals surface area contributed by atoms with Gasteiger partial charge in [-0.1, -0.05) is 0 Å². The highest BCUT2D eigenvalue weighted by atomic mass is 19.2. The van der Waals surface area contributed by atoms with Crippen LogP contribution in [0.5, 0.6) is 17.4 Å². The van der Waals surface area contributed by atoms with Crippen LogP contribution < -0.4 is 24.4 Å². The Kier molecular flexibility index (Phi) is 7.37. The van der Waals surface area contributed by atoms with Crippen LogP contribution in [0.2, 0.25) is 0 Å². The van der Waals surface area contributed by atoms with Gasteiger partial charge in [0.25, 0.3) is 5.91 Å². The van der Waals surface area contributed by atoms with Crippen LogP contribution in [0.3, 0.4) is 0 Å². The standard InChI is InChI=1S/C30H33F2N5O4/c1-3-40-29-22(5-4-11-33-29)23-7-9-25(27(35-23)28(38)34-20-10-12-37(32)16-20)41-21-14-30(15-21)17-36(18-30)24-8-6-19(31)13-26(24)39-2/h4-9,11,13,20-21H,3,10,12,14-18H2,1-2H3,(H,34,38). The molecule has 2 aliphatic heterocycles. The van der Waals surface area contributed by atoms with Crippen LogP contribution in [0, 0.1) is 11.2 Å². The van der Waals surface area contributed by atoms with Gasteiger partial charge in [-0.25, -0.2) is 14.4 Å². The lowest BCUT2D eigenvalue weighted by Crippen LogP contribution is -2.65. The fourth-order valence-corrected chi connectivity index (χ4v) is 6.05. The molecule has 1 amide bonds. The molecule has 41 heavy (non-hydrogen) atoms. The van der Waals surface area contributed by atoms with Crippen LogP contribution in [-0.2, 0) is 0 Å². The van der Waals surface area contributed by atoms with E-state index in [1.54, 1.807) is 37.6 Å². The van der Waals surface area contributed by atoms with Crippen molar-refractivity contribution in [3.63, 3.8) is 0 Å². The van der Waals surface area contributed by atoms with Crippen molar-refractivity contribution >= 4 is 11.6 Å². The van der Waals surface area contributed by atoms with Gasteiger partial charge in [-0.15, -0.1) is 9.60 Å². The monoisotopic (exact) mass is 565 g/mol. The van der Waals surface area contributed by atoms with Gasteiger partial charge in [0, 0.05) is 49.9 Å². The predicted molar refractivity (Wildman–Crippen MR) is 148 cm³/mol. The summed E-state index contributed by atoms with van der Waals surface area (Å²) in [6.07, 6.45) is 3.74. The maximum Gasteiger partial charge on any atom is 0.274 e. The van der Waals surface area contributed by atoms with Gasteiger partial charge in [0.05, 0.1) is 30.7 Å². The van der Waals surface area contributed by atoms with Crippen molar-refractivity contribution in [2.45, 2.75) is 38.3 Å². The highest BCUT2D eigenvalue weighted by Crippen LogP contribution is 2.52. The first-order valence-corrected chi connectivity index (χ1v) is 13.9. The number of carbonyl (C=O) groups excluding carboxylic acids is 1. The number of carbonyl (C=O) groups is 1. The lowest BCUT2D eigenvalue weighted by atomic mass is 9.61. The minimum absolute atomic E-state index is 0.0725. The van der Waals surface area contributed by atoms with E-state index in [4.69, 9.17) is 14.2 Å². The van der Waals surface area contributed by atoms with Crippen molar-refractivity contribution in [3.8, 4) is 28.6 Å². The number of methoxy groups -OCH3 is 1. The molecule has 3 aliphatic rings. The molecule has 2 saturated heterocycles. The molecular formula is C30H33F2N5O4. The van der Waals surface area contributed by atoms with Crippen molar-refractivity contribution in [2.24, 2.45) is 5.41 Å². The molecule has 3 aromatic rings. The number of aromatic nitrogens is 2. The van der Waals surface area contributed by atoms with Gasteiger partial charge in [0.1, 0.15) is 17.7 Å². The SMILES string of the molecule is CCOc1ncccc1-c1ccc(OC2CC3(C2)CN(c2ccc(F)cc2OC)C3)c(C(=O)NC2CCN(F)C2)n1. The minimum atomic E-state index is -0.406. The molecule has 216 valence electrons. The zero-order valence-electron chi connectivity index (χ0n) is 23.1. The first kappa shape index (κ1) is 27.2. The molecule has 6 rings (SSSR count). The predicted octanol–water partition coefficient (Wildman–Crippen LogP) is 4.43.